The number of thioether (sulfide) groups is 1. The lowest BCUT2D eigenvalue weighted by molar-refractivity contribution is -0.131. The van der Waals surface area contributed by atoms with Gasteiger partial charge in [-0.25, -0.2) is 4.79 Å². The van der Waals surface area contributed by atoms with Crippen LogP contribution in [0.4, 0.5) is 5.69 Å². The third-order valence-corrected chi connectivity index (χ3v) is 11.0. The molecule has 3 N–H and O–H groups in total. The maximum atomic E-state index is 13.9. The van der Waals surface area contributed by atoms with E-state index in [9.17, 15) is 14.4 Å². The Kier molecular flexibility index (Phi) is 8.61. The van der Waals surface area contributed by atoms with Gasteiger partial charge in [0, 0.05) is 28.3 Å². The number of anilines is 1. The van der Waals surface area contributed by atoms with Crippen molar-refractivity contribution in [2.75, 3.05) is 18.5 Å². The van der Waals surface area contributed by atoms with Gasteiger partial charge in [-0.1, -0.05) is 49.2 Å². The van der Waals surface area contributed by atoms with Crippen molar-refractivity contribution in [1.29, 1.82) is 0 Å². The highest BCUT2D eigenvalue weighted by molar-refractivity contribution is 8.12. The highest BCUT2D eigenvalue weighted by Crippen LogP contribution is 2.48. The van der Waals surface area contributed by atoms with Crippen molar-refractivity contribution in [1.82, 2.24) is 9.72 Å². The second-order valence-electron chi connectivity index (χ2n) is 12.7. The predicted octanol–water partition coefficient (Wildman–Crippen LogP) is 6.38. The molecule has 7 rings (SSSR count). The Balaban J connectivity index is 1.14. The van der Waals surface area contributed by atoms with E-state index in [-0.39, 0.29) is 11.8 Å². The van der Waals surface area contributed by atoms with E-state index in [1.54, 1.807) is 24.3 Å². The van der Waals surface area contributed by atoms with E-state index in [1.807, 2.05) is 25.3 Å². The average molecular weight is 654 g/mol. The Morgan fingerprint density at radius 3 is 2.57 bits per heavy atom. The summed E-state index contributed by atoms with van der Waals surface area (Å²) in [5, 5.41) is 15.9. The van der Waals surface area contributed by atoms with Crippen LogP contribution in [0.5, 0.6) is 5.88 Å². The van der Waals surface area contributed by atoms with Gasteiger partial charge in [-0.05, 0) is 92.3 Å². The van der Waals surface area contributed by atoms with Gasteiger partial charge in [0.15, 0.2) is 5.88 Å². The number of hydrogen-bond acceptors (Lipinski definition) is 6. The highest BCUT2D eigenvalue weighted by Gasteiger charge is 2.46. The number of allylic oxidation sites excluding steroid dienone is 1. The molecule has 244 valence electrons. The minimum Gasteiger partial charge on any atom is -0.495 e. The van der Waals surface area contributed by atoms with Crippen LogP contribution in [0.15, 0.2) is 59.0 Å². The number of nitrogens with zero attached hydrogens (tertiary/aromatic N) is 1. The second-order valence-corrected chi connectivity index (χ2v) is 13.8. The van der Waals surface area contributed by atoms with E-state index in [1.165, 1.54) is 42.7 Å². The van der Waals surface area contributed by atoms with Crippen LogP contribution in [-0.2, 0) is 19.1 Å². The molecule has 2 aliphatic carbocycles. The molecule has 3 aromatic rings. The fourth-order valence-electron chi connectivity index (χ4n) is 7.23. The van der Waals surface area contributed by atoms with Gasteiger partial charge in [0.05, 0.1) is 22.4 Å². The molecule has 9 nitrogen and oxygen atoms in total. The van der Waals surface area contributed by atoms with Gasteiger partial charge in [0.1, 0.15) is 18.4 Å². The molecule has 2 aliphatic heterocycles. The topological polar surface area (TPSA) is 118 Å². The summed E-state index contributed by atoms with van der Waals surface area (Å²) < 4.78 is 14.4. The lowest BCUT2D eigenvalue weighted by atomic mass is 9.75. The monoisotopic (exact) mass is 653 g/mol. The van der Waals surface area contributed by atoms with Crippen molar-refractivity contribution in [2.24, 2.45) is 0 Å². The first-order chi connectivity index (χ1) is 22.9. The number of amides is 2. The van der Waals surface area contributed by atoms with Crippen LogP contribution in [0.2, 0.25) is 0 Å². The number of carbonyl (C=O) groups is 3. The zero-order chi connectivity index (χ0) is 32.5. The number of ether oxygens (including phenoxy) is 2. The summed E-state index contributed by atoms with van der Waals surface area (Å²) in [7, 11) is 0. The molecule has 47 heavy (non-hydrogen) atoms. The number of hydrogen-bond donors (Lipinski definition) is 3. The molecule has 0 radical (unpaired) electrons. The standard InChI is InChI=1S/C37H39N3O6S/c1-2-46-30-17-15-27-32(24-7-4-3-5-8-24)33-28(40(27)30)22-45-21-25-12-16-29(47-34(25)33)35(43)39-37(19-6-20-37)36(44)38-26-13-9-23(10-14-26)11-18-31(41)42/h9-11,13-18,22,24H,2-8,12,19-21H2,1H3,(H,38,44)(H,39,43)(H,41,42). The fourth-order valence-corrected chi connectivity index (χ4v) is 8.36. The van der Waals surface area contributed by atoms with Crippen molar-refractivity contribution in [3.05, 3.63) is 81.1 Å². The number of carboxylic acids is 1. The van der Waals surface area contributed by atoms with Crippen molar-refractivity contribution >= 4 is 58.0 Å². The number of nitrogens with one attached hydrogen (secondary N) is 2. The molecule has 1 aromatic carbocycles. The summed E-state index contributed by atoms with van der Waals surface area (Å²) >= 11 is 1.49. The van der Waals surface area contributed by atoms with Crippen molar-refractivity contribution < 1.29 is 29.0 Å². The van der Waals surface area contributed by atoms with Crippen LogP contribution >= 0.6 is 11.8 Å². The molecule has 10 heteroatoms. The average Bonchev–Trinajstić information content (AvgIpc) is 3.55. The van der Waals surface area contributed by atoms with Gasteiger partial charge in [-0.2, -0.15) is 0 Å². The molecule has 2 saturated carbocycles. The van der Waals surface area contributed by atoms with E-state index in [0.717, 1.165) is 58.1 Å². The number of aliphatic carboxylic acids is 1. The predicted molar refractivity (Wildman–Crippen MR) is 184 cm³/mol. The molecule has 4 heterocycles. The van der Waals surface area contributed by atoms with Gasteiger partial charge >= 0.3 is 5.97 Å². The number of carboxylic acid groups (broad SMARTS) is 1. The van der Waals surface area contributed by atoms with E-state index < -0.39 is 11.5 Å². The third kappa shape index (κ3) is 5.95. The van der Waals surface area contributed by atoms with Gasteiger partial charge < -0.3 is 25.2 Å². The van der Waals surface area contributed by atoms with Crippen LogP contribution in [-0.4, -0.2) is 46.0 Å². The normalized spacial score (nSPS) is 19.0. The van der Waals surface area contributed by atoms with Crippen molar-refractivity contribution in [3.8, 4) is 5.88 Å². The molecule has 0 spiro atoms. The van der Waals surface area contributed by atoms with Crippen LogP contribution in [0, 0.1) is 0 Å². The Morgan fingerprint density at radius 1 is 1.09 bits per heavy atom. The molecule has 0 bridgehead atoms. The zero-order valence-corrected chi connectivity index (χ0v) is 27.3. The molecule has 0 saturated heterocycles. The zero-order valence-electron chi connectivity index (χ0n) is 26.5. The van der Waals surface area contributed by atoms with E-state index in [2.05, 4.69) is 21.1 Å². The number of rotatable bonds is 9. The Hall–Kier alpha value is -4.44. The molecule has 2 amide bonds. The molecule has 0 atom stereocenters. The summed E-state index contributed by atoms with van der Waals surface area (Å²) in [6.45, 7) is 3.01. The number of carbonyl (C=O) groups excluding carboxylic acids is 2. The summed E-state index contributed by atoms with van der Waals surface area (Å²) in [6, 6.07) is 11.1. The van der Waals surface area contributed by atoms with Gasteiger partial charge in [-0.3, -0.25) is 14.0 Å². The molecular formula is C37H39N3O6S. The number of fused-ring (bicyclic) bond motifs is 4. The summed E-state index contributed by atoms with van der Waals surface area (Å²) in [5.74, 6) is -0.297. The third-order valence-electron chi connectivity index (χ3n) is 9.74. The summed E-state index contributed by atoms with van der Waals surface area (Å²) in [4.78, 5) is 40.0. The van der Waals surface area contributed by atoms with Crippen LogP contribution in [0.25, 0.3) is 22.8 Å². The van der Waals surface area contributed by atoms with Crippen LogP contribution in [0.3, 0.4) is 0 Å². The van der Waals surface area contributed by atoms with Crippen molar-refractivity contribution in [2.45, 2.75) is 76.2 Å². The molecule has 0 unspecified atom stereocenters. The first-order valence-corrected chi connectivity index (χ1v) is 17.4. The lowest BCUT2D eigenvalue weighted by Gasteiger charge is -2.41. The minimum absolute atomic E-state index is 0.242. The highest BCUT2D eigenvalue weighted by atomic mass is 32.2. The van der Waals surface area contributed by atoms with E-state index in [0.29, 0.717) is 54.6 Å². The quantitative estimate of drug-likeness (QED) is 0.230. The Bertz CT molecular complexity index is 1880. The Morgan fingerprint density at radius 2 is 1.87 bits per heavy atom. The molecule has 2 fully saturated rings. The fraction of sp³-hybridized carbons (Fsp3) is 0.378. The maximum Gasteiger partial charge on any atom is 0.328 e. The van der Waals surface area contributed by atoms with Gasteiger partial charge in [0.25, 0.3) is 5.91 Å². The van der Waals surface area contributed by atoms with Crippen molar-refractivity contribution in [3.63, 3.8) is 0 Å². The largest absolute Gasteiger partial charge is 0.495 e. The van der Waals surface area contributed by atoms with Gasteiger partial charge in [-0.15, -0.1) is 0 Å². The summed E-state index contributed by atoms with van der Waals surface area (Å²) in [6.07, 6.45) is 14.9. The van der Waals surface area contributed by atoms with E-state index in [4.69, 9.17) is 14.6 Å². The maximum absolute atomic E-state index is 13.9. The molecule has 4 aliphatic rings. The second kappa shape index (κ2) is 13.0. The lowest BCUT2D eigenvalue weighted by Crippen LogP contribution is -2.61. The van der Waals surface area contributed by atoms with E-state index >= 15 is 0 Å². The number of aromatic nitrogens is 1. The SMILES string of the molecule is CCOc1ccc2c(C3CCCCC3)c3c(n12)=COCC1=C3SC(C(=O)NC2(C(=O)Nc3ccc(C=CC(=O)O)cc3)CCC2)=CC1. The first kappa shape index (κ1) is 31.2. The number of benzene rings is 1. The molecular weight excluding hydrogens is 614 g/mol. The van der Waals surface area contributed by atoms with Crippen LogP contribution < -0.4 is 20.7 Å². The molecule has 2 aromatic heterocycles. The summed E-state index contributed by atoms with van der Waals surface area (Å²) in [5.41, 5.74) is 5.09. The first-order valence-electron chi connectivity index (χ1n) is 16.5. The van der Waals surface area contributed by atoms with Crippen LogP contribution in [0.1, 0.15) is 87.3 Å². The van der Waals surface area contributed by atoms with Gasteiger partial charge in [0.2, 0.25) is 5.91 Å². The smallest absolute Gasteiger partial charge is 0.328 e. The minimum atomic E-state index is -1.02. The Labute approximate surface area is 277 Å².